The number of rotatable bonds is 1. The van der Waals surface area contributed by atoms with Crippen LogP contribution in [0.2, 0.25) is 0 Å². The molecule has 2 aliphatic rings. The number of benzene rings is 1. The third kappa shape index (κ3) is 1.78. The zero-order chi connectivity index (χ0) is 11.8. The summed E-state index contributed by atoms with van der Waals surface area (Å²) in [6.07, 6.45) is 4.13. The molecule has 3 nitrogen and oxygen atoms in total. The van der Waals surface area contributed by atoms with E-state index in [4.69, 9.17) is 10.5 Å². The maximum Gasteiger partial charge on any atom is 0.0779 e. The number of anilines is 2. The molecular formula is C14H20N2O. The summed E-state index contributed by atoms with van der Waals surface area (Å²) in [7, 11) is 0. The highest BCUT2D eigenvalue weighted by molar-refractivity contribution is 5.71. The van der Waals surface area contributed by atoms with Crippen LogP contribution in [0, 0.1) is 6.92 Å². The van der Waals surface area contributed by atoms with Crippen molar-refractivity contribution in [2.75, 3.05) is 23.8 Å². The number of nitrogen functional groups attached to an aromatic ring is 1. The Morgan fingerprint density at radius 1 is 1.35 bits per heavy atom. The van der Waals surface area contributed by atoms with E-state index in [9.17, 15) is 0 Å². The van der Waals surface area contributed by atoms with Crippen LogP contribution in [0.4, 0.5) is 11.4 Å². The SMILES string of the molecule is Cc1cccc(N2CCOC3CCCC32)c1N. The molecule has 0 amide bonds. The molecule has 3 heteroatoms. The summed E-state index contributed by atoms with van der Waals surface area (Å²) in [5.41, 5.74) is 9.51. The lowest BCUT2D eigenvalue weighted by molar-refractivity contribution is 0.0257. The van der Waals surface area contributed by atoms with Gasteiger partial charge in [0.05, 0.1) is 30.1 Å². The minimum atomic E-state index is 0.420. The summed E-state index contributed by atoms with van der Waals surface area (Å²) in [4.78, 5) is 2.46. The third-order valence-electron chi connectivity index (χ3n) is 4.09. The summed E-state index contributed by atoms with van der Waals surface area (Å²) in [5, 5.41) is 0. The summed E-state index contributed by atoms with van der Waals surface area (Å²) in [5.74, 6) is 0. The van der Waals surface area contributed by atoms with E-state index in [0.29, 0.717) is 12.1 Å². The van der Waals surface area contributed by atoms with Crippen LogP contribution in [0.5, 0.6) is 0 Å². The first-order valence-corrected chi connectivity index (χ1v) is 6.50. The smallest absolute Gasteiger partial charge is 0.0779 e. The predicted molar refractivity (Wildman–Crippen MR) is 70.3 cm³/mol. The van der Waals surface area contributed by atoms with Crippen LogP contribution in [0.15, 0.2) is 18.2 Å². The lowest BCUT2D eigenvalue weighted by Crippen LogP contribution is -2.48. The normalized spacial score (nSPS) is 28.2. The number of nitrogens with two attached hydrogens (primary N) is 1. The molecule has 92 valence electrons. The molecule has 3 rings (SSSR count). The number of morpholine rings is 1. The fraction of sp³-hybridized carbons (Fsp3) is 0.571. The van der Waals surface area contributed by atoms with Gasteiger partial charge in [0.25, 0.3) is 0 Å². The van der Waals surface area contributed by atoms with Crippen molar-refractivity contribution < 1.29 is 4.74 Å². The van der Waals surface area contributed by atoms with Crippen LogP contribution >= 0.6 is 0 Å². The quantitative estimate of drug-likeness (QED) is 0.755. The Labute approximate surface area is 103 Å². The second kappa shape index (κ2) is 4.22. The topological polar surface area (TPSA) is 38.5 Å². The average molecular weight is 232 g/mol. The van der Waals surface area contributed by atoms with E-state index in [1.807, 2.05) is 0 Å². The average Bonchev–Trinajstić information content (AvgIpc) is 2.81. The van der Waals surface area contributed by atoms with Gasteiger partial charge in [-0.3, -0.25) is 0 Å². The molecular weight excluding hydrogens is 212 g/mol. The largest absolute Gasteiger partial charge is 0.397 e. The Morgan fingerprint density at radius 3 is 3.12 bits per heavy atom. The van der Waals surface area contributed by atoms with E-state index in [1.165, 1.54) is 30.5 Å². The molecule has 1 aromatic rings. The zero-order valence-electron chi connectivity index (χ0n) is 10.4. The van der Waals surface area contributed by atoms with E-state index >= 15 is 0 Å². The lowest BCUT2D eigenvalue weighted by atomic mass is 10.1. The minimum absolute atomic E-state index is 0.420. The van der Waals surface area contributed by atoms with Crippen molar-refractivity contribution in [3.8, 4) is 0 Å². The van der Waals surface area contributed by atoms with Crippen LogP contribution in [-0.4, -0.2) is 25.3 Å². The Balaban J connectivity index is 1.94. The Kier molecular flexibility index (Phi) is 2.71. The van der Waals surface area contributed by atoms with Crippen LogP contribution in [-0.2, 0) is 4.74 Å². The first-order valence-electron chi connectivity index (χ1n) is 6.50. The van der Waals surface area contributed by atoms with E-state index < -0.39 is 0 Å². The zero-order valence-corrected chi connectivity index (χ0v) is 10.4. The molecule has 0 aromatic heterocycles. The first kappa shape index (κ1) is 10.9. The molecule has 0 bridgehead atoms. The van der Waals surface area contributed by atoms with Gasteiger partial charge in [-0.05, 0) is 37.8 Å². The van der Waals surface area contributed by atoms with Crippen molar-refractivity contribution >= 4 is 11.4 Å². The minimum Gasteiger partial charge on any atom is -0.397 e. The second-order valence-corrected chi connectivity index (χ2v) is 5.11. The molecule has 2 atom stereocenters. The third-order valence-corrected chi connectivity index (χ3v) is 4.09. The molecule has 17 heavy (non-hydrogen) atoms. The van der Waals surface area contributed by atoms with Crippen molar-refractivity contribution in [2.45, 2.75) is 38.3 Å². The van der Waals surface area contributed by atoms with Gasteiger partial charge in [0.1, 0.15) is 0 Å². The van der Waals surface area contributed by atoms with Gasteiger partial charge in [0.2, 0.25) is 0 Å². The molecule has 0 radical (unpaired) electrons. The van der Waals surface area contributed by atoms with Crippen molar-refractivity contribution in [1.82, 2.24) is 0 Å². The number of nitrogens with zero attached hydrogens (tertiary/aromatic N) is 1. The number of hydrogen-bond donors (Lipinski definition) is 1. The maximum atomic E-state index is 6.21. The van der Waals surface area contributed by atoms with Gasteiger partial charge in [0.15, 0.2) is 0 Å². The number of ether oxygens (including phenoxy) is 1. The molecule has 1 aliphatic heterocycles. The standard InChI is InChI=1S/C14H20N2O/c1-10-4-2-6-12(14(10)15)16-8-9-17-13-7-3-5-11(13)16/h2,4,6,11,13H,3,5,7-9,15H2,1H3. The van der Waals surface area contributed by atoms with E-state index in [2.05, 4.69) is 30.0 Å². The van der Waals surface area contributed by atoms with Crippen molar-refractivity contribution in [3.05, 3.63) is 23.8 Å². The van der Waals surface area contributed by atoms with Crippen LogP contribution in [0.1, 0.15) is 24.8 Å². The highest BCUT2D eigenvalue weighted by atomic mass is 16.5. The second-order valence-electron chi connectivity index (χ2n) is 5.11. The molecule has 1 heterocycles. The highest BCUT2D eigenvalue weighted by Crippen LogP contribution is 2.36. The highest BCUT2D eigenvalue weighted by Gasteiger charge is 2.36. The molecule has 2 fully saturated rings. The molecule has 0 spiro atoms. The summed E-state index contributed by atoms with van der Waals surface area (Å²) in [6, 6.07) is 6.85. The van der Waals surface area contributed by atoms with Gasteiger partial charge >= 0.3 is 0 Å². The monoisotopic (exact) mass is 232 g/mol. The molecule has 2 N–H and O–H groups in total. The van der Waals surface area contributed by atoms with E-state index in [1.54, 1.807) is 0 Å². The molecule has 1 aliphatic carbocycles. The lowest BCUT2D eigenvalue weighted by Gasteiger charge is -2.40. The summed E-state index contributed by atoms with van der Waals surface area (Å²) in [6.45, 7) is 3.87. The molecule has 1 saturated carbocycles. The van der Waals surface area contributed by atoms with Crippen molar-refractivity contribution in [2.24, 2.45) is 0 Å². The van der Waals surface area contributed by atoms with Gasteiger partial charge < -0.3 is 15.4 Å². The predicted octanol–water partition coefficient (Wildman–Crippen LogP) is 2.33. The van der Waals surface area contributed by atoms with Crippen LogP contribution in [0.25, 0.3) is 0 Å². The van der Waals surface area contributed by atoms with Crippen LogP contribution < -0.4 is 10.6 Å². The van der Waals surface area contributed by atoms with E-state index in [-0.39, 0.29) is 0 Å². The van der Waals surface area contributed by atoms with Gasteiger partial charge in [-0.1, -0.05) is 12.1 Å². The van der Waals surface area contributed by atoms with Crippen molar-refractivity contribution in [1.29, 1.82) is 0 Å². The van der Waals surface area contributed by atoms with Crippen molar-refractivity contribution in [3.63, 3.8) is 0 Å². The van der Waals surface area contributed by atoms with Gasteiger partial charge in [0, 0.05) is 6.54 Å². The number of para-hydroxylation sites is 1. The molecule has 2 unspecified atom stereocenters. The summed E-state index contributed by atoms with van der Waals surface area (Å²) >= 11 is 0. The Morgan fingerprint density at radius 2 is 2.24 bits per heavy atom. The van der Waals surface area contributed by atoms with Gasteiger partial charge in [-0.25, -0.2) is 0 Å². The number of fused-ring (bicyclic) bond motifs is 1. The Hall–Kier alpha value is -1.22. The molecule has 1 saturated heterocycles. The number of hydrogen-bond acceptors (Lipinski definition) is 3. The van der Waals surface area contributed by atoms with E-state index in [0.717, 1.165) is 18.8 Å². The fourth-order valence-corrected chi connectivity index (χ4v) is 3.14. The van der Waals surface area contributed by atoms with Gasteiger partial charge in [-0.2, -0.15) is 0 Å². The molecule has 1 aromatic carbocycles. The fourth-order valence-electron chi connectivity index (χ4n) is 3.14. The van der Waals surface area contributed by atoms with Crippen LogP contribution in [0.3, 0.4) is 0 Å². The summed E-state index contributed by atoms with van der Waals surface area (Å²) < 4.78 is 5.84. The number of aryl methyl sites for hydroxylation is 1. The first-order chi connectivity index (χ1) is 8.27. The van der Waals surface area contributed by atoms with Gasteiger partial charge in [-0.15, -0.1) is 0 Å². The maximum absolute atomic E-state index is 6.21. The Bertz CT molecular complexity index is 419.